The van der Waals surface area contributed by atoms with Crippen LogP contribution in [0.15, 0.2) is 23.2 Å². The molecular weight excluding hydrogens is 350 g/mol. The quantitative estimate of drug-likeness (QED) is 0.870. The maximum atomic E-state index is 12.7. The Morgan fingerprint density at radius 3 is 2.58 bits per heavy atom. The smallest absolute Gasteiger partial charge is 0.244 e. The minimum absolute atomic E-state index is 0.0630. The van der Waals surface area contributed by atoms with Gasteiger partial charge in [-0.15, -0.1) is 0 Å². The summed E-state index contributed by atoms with van der Waals surface area (Å²) in [6.07, 6.45) is 11.3. The lowest BCUT2D eigenvalue weighted by Gasteiger charge is -2.38. The lowest BCUT2D eigenvalue weighted by atomic mass is 9.89. The molecule has 0 bridgehead atoms. The van der Waals surface area contributed by atoms with Crippen molar-refractivity contribution in [3.05, 3.63) is 18.3 Å². The molecule has 0 amide bonds. The molecule has 2 saturated heterocycles. The minimum atomic E-state index is -3.41. The molecule has 26 heavy (non-hydrogen) atoms. The minimum Gasteiger partial charge on any atom is -0.375 e. The Morgan fingerprint density at radius 2 is 1.88 bits per heavy atom. The van der Waals surface area contributed by atoms with E-state index in [0.717, 1.165) is 57.4 Å². The zero-order valence-corrected chi connectivity index (χ0v) is 16.1. The number of anilines is 1. The maximum absolute atomic E-state index is 12.7. The van der Waals surface area contributed by atoms with E-state index >= 15 is 0 Å². The fourth-order valence-corrected chi connectivity index (χ4v) is 6.06. The van der Waals surface area contributed by atoms with Gasteiger partial charge in [-0.05, 0) is 50.7 Å². The number of sulfonamides is 1. The van der Waals surface area contributed by atoms with E-state index in [2.05, 4.69) is 10.3 Å². The standard InChI is InChI=1S/C19H29N3O3S/c23-26(24,22-11-4-1-5-12-22)17-6-7-18(20-15-17)21-16-8-13-25-19(14-16)9-2-3-10-19/h6-7,15-16H,1-5,8-14H2,(H,20,21). The average Bonchev–Trinajstić information content (AvgIpc) is 3.10. The zero-order valence-electron chi connectivity index (χ0n) is 15.3. The molecule has 1 aromatic rings. The van der Waals surface area contributed by atoms with Crippen LogP contribution in [0, 0.1) is 0 Å². The monoisotopic (exact) mass is 379 g/mol. The van der Waals surface area contributed by atoms with E-state index < -0.39 is 10.0 Å². The molecular formula is C19H29N3O3S. The molecule has 1 saturated carbocycles. The third-order valence-corrected chi connectivity index (χ3v) is 7.93. The number of ether oxygens (including phenoxy) is 1. The van der Waals surface area contributed by atoms with Crippen molar-refractivity contribution >= 4 is 15.8 Å². The first-order valence-corrected chi connectivity index (χ1v) is 11.4. The molecule has 1 unspecified atom stereocenters. The van der Waals surface area contributed by atoms with Crippen molar-refractivity contribution in [1.82, 2.24) is 9.29 Å². The van der Waals surface area contributed by atoms with Crippen molar-refractivity contribution in [1.29, 1.82) is 0 Å². The summed E-state index contributed by atoms with van der Waals surface area (Å²) in [6, 6.07) is 3.83. The van der Waals surface area contributed by atoms with Crippen LogP contribution in [-0.4, -0.2) is 49.0 Å². The third-order valence-electron chi connectivity index (χ3n) is 6.05. The highest BCUT2D eigenvalue weighted by Crippen LogP contribution is 2.40. The number of piperidine rings is 1. The van der Waals surface area contributed by atoms with Gasteiger partial charge in [0.25, 0.3) is 0 Å². The number of rotatable bonds is 4. The number of hydrogen-bond donors (Lipinski definition) is 1. The first kappa shape index (κ1) is 18.2. The van der Waals surface area contributed by atoms with E-state index in [-0.39, 0.29) is 5.60 Å². The molecule has 4 rings (SSSR count). The molecule has 1 atom stereocenters. The molecule has 3 aliphatic rings. The van der Waals surface area contributed by atoms with Crippen LogP contribution in [0.4, 0.5) is 5.82 Å². The van der Waals surface area contributed by atoms with Crippen molar-refractivity contribution in [3.8, 4) is 0 Å². The molecule has 1 spiro atoms. The van der Waals surface area contributed by atoms with Crippen molar-refractivity contribution in [2.24, 2.45) is 0 Å². The predicted molar refractivity (Wildman–Crippen MR) is 101 cm³/mol. The first-order chi connectivity index (χ1) is 12.6. The molecule has 0 radical (unpaired) electrons. The van der Waals surface area contributed by atoms with E-state index in [0.29, 0.717) is 24.0 Å². The Hall–Kier alpha value is -1.18. The molecule has 1 aromatic heterocycles. The van der Waals surface area contributed by atoms with E-state index in [1.165, 1.54) is 19.0 Å². The van der Waals surface area contributed by atoms with Crippen molar-refractivity contribution in [2.75, 3.05) is 25.0 Å². The van der Waals surface area contributed by atoms with E-state index in [4.69, 9.17) is 4.74 Å². The molecule has 6 nitrogen and oxygen atoms in total. The topological polar surface area (TPSA) is 71.5 Å². The average molecular weight is 380 g/mol. The Balaban J connectivity index is 1.41. The Morgan fingerprint density at radius 1 is 1.12 bits per heavy atom. The highest BCUT2D eigenvalue weighted by Gasteiger charge is 2.40. The molecule has 3 heterocycles. The second kappa shape index (κ2) is 7.44. The molecule has 3 fully saturated rings. The van der Waals surface area contributed by atoms with Crippen LogP contribution in [0.3, 0.4) is 0 Å². The fraction of sp³-hybridized carbons (Fsp3) is 0.737. The summed E-state index contributed by atoms with van der Waals surface area (Å²) in [5, 5.41) is 3.49. The number of nitrogens with zero attached hydrogens (tertiary/aromatic N) is 2. The molecule has 2 aliphatic heterocycles. The molecule has 0 aromatic carbocycles. The van der Waals surface area contributed by atoms with E-state index in [1.54, 1.807) is 16.4 Å². The van der Waals surface area contributed by atoms with Gasteiger partial charge < -0.3 is 10.1 Å². The van der Waals surface area contributed by atoms with Gasteiger partial charge in [0, 0.05) is 31.9 Å². The highest BCUT2D eigenvalue weighted by atomic mass is 32.2. The SMILES string of the molecule is O=S(=O)(c1ccc(NC2CCOC3(CCCC3)C2)nc1)N1CCCCC1. The van der Waals surface area contributed by atoms with Gasteiger partial charge in [0.05, 0.1) is 5.60 Å². The van der Waals surface area contributed by atoms with Crippen molar-refractivity contribution in [2.45, 2.75) is 74.3 Å². The molecule has 1 aliphatic carbocycles. The third kappa shape index (κ3) is 3.75. The maximum Gasteiger partial charge on any atom is 0.244 e. The van der Waals surface area contributed by atoms with Gasteiger partial charge in [-0.2, -0.15) is 4.31 Å². The van der Waals surface area contributed by atoms with Gasteiger partial charge in [-0.1, -0.05) is 19.3 Å². The summed E-state index contributed by atoms with van der Waals surface area (Å²) in [7, 11) is -3.41. The van der Waals surface area contributed by atoms with Crippen molar-refractivity contribution < 1.29 is 13.2 Å². The molecule has 1 N–H and O–H groups in total. The van der Waals surface area contributed by atoms with Crippen LogP contribution < -0.4 is 5.32 Å². The second-order valence-electron chi connectivity index (χ2n) is 7.92. The molecule has 7 heteroatoms. The van der Waals surface area contributed by atoms with Gasteiger partial charge in [-0.25, -0.2) is 13.4 Å². The summed E-state index contributed by atoms with van der Waals surface area (Å²) in [5.74, 6) is 0.752. The summed E-state index contributed by atoms with van der Waals surface area (Å²) in [6.45, 7) is 2.03. The first-order valence-electron chi connectivity index (χ1n) is 9.94. The van der Waals surface area contributed by atoms with Gasteiger partial charge in [0.1, 0.15) is 10.7 Å². The number of pyridine rings is 1. The fourth-order valence-electron chi connectivity index (χ4n) is 4.60. The number of nitrogens with one attached hydrogen (secondary N) is 1. The van der Waals surface area contributed by atoms with Crippen molar-refractivity contribution in [3.63, 3.8) is 0 Å². The predicted octanol–water partition coefficient (Wildman–Crippen LogP) is 3.16. The summed E-state index contributed by atoms with van der Waals surface area (Å²) >= 11 is 0. The lowest BCUT2D eigenvalue weighted by molar-refractivity contribution is -0.0767. The van der Waals surface area contributed by atoms with Gasteiger partial charge in [0.15, 0.2) is 0 Å². The Labute approximate surface area is 156 Å². The van der Waals surface area contributed by atoms with E-state index in [1.807, 2.05) is 0 Å². The van der Waals surface area contributed by atoms with Crippen LogP contribution in [-0.2, 0) is 14.8 Å². The zero-order chi connectivity index (χ0) is 18.0. The Kier molecular flexibility index (Phi) is 5.21. The number of aromatic nitrogens is 1. The van der Waals surface area contributed by atoms with Gasteiger partial charge in [0.2, 0.25) is 10.0 Å². The van der Waals surface area contributed by atoms with Gasteiger partial charge >= 0.3 is 0 Å². The second-order valence-corrected chi connectivity index (χ2v) is 9.85. The van der Waals surface area contributed by atoms with Gasteiger partial charge in [-0.3, -0.25) is 0 Å². The van der Waals surface area contributed by atoms with Crippen LogP contribution in [0.25, 0.3) is 0 Å². The van der Waals surface area contributed by atoms with E-state index in [9.17, 15) is 8.42 Å². The largest absolute Gasteiger partial charge is 0.375 e. The molecule has 144 valence electrons. The van der Waals surface area contributed by atoms with Crippen LogP contribution in [0.2, 0.25) is 0 Å². The summed E-state index contributed by atoms with van der Waals surface area (Å²) < 4.78 is 33.1. The summed E-state index contributed by atoms with van der Waals surface area (Å²) in [4.78, 5) is 4.69. The lowest BCUT2D eigenvalue weighted by Crippen LogP contribution is -2.42. The van der Waals surface area contributed by atoms with Crippen LogP contribution in [0.5, 0.6) is 0 Å². The van der Waals surface area contributed by atoms with Crippen LogP contribution in [0.1, 0.15) is 57.8 Å². The normalized spacial score (nSPS) is 26.8. The summed E-state index contributed by atoms with van der Waals surface area (Å²) in [5.41, 5.74) is 0.0630. The number of hydrogen-bond acceptors (Lipinski definition) is 5. The highest BCUT2D eigenvalue weighted by molar-refractivity contribution is 7.89. The Bertz CT molecular complexity index is 708. The van der Waals surface area contributed by atoms with Crippen LogP contribution >= 0.6 is 0 Å².